The number of rotatable bonds is 9. The molecule has 2 rings (SSSR count). The van der Waals surface area contributed by atoms with Crippen molar-refractivity contribution >= 4 is 15.8 Å². The number of aliphatic imine (C=N–C) groups is 1. The smallest absolute Gasteiger partial charge is 0.191 e. The van der Waals surface area contributed by atoms with Crippen molar-refractivity contribution in [2.24, 2.45) is 10.9 Å². The van der Waals surface area contributed by atoms with E-state index in [9.17, 15) is 8.42 Å². The van der Waals surface area contributed by atoms with Crippen LogP contribution in [0, 0.1) is 5.92 Å². The van der Waals surface area contributed by atoms with Crippen LogP contribution in [-0.2, 0) is 21.1 Å². The Labute approximate surface area is 175 Å². The van der Waals surface area contributed by atoms with Crippen LogP contribution in [0.3, 0.4) is 0 Å². The molecular formula is C21H36N4O3S. The molecule has 1 aromatic carbocycles. The van der Waals surface area contributed by atoms with Gasteiger partial charge in [-0.25, -0.2) is 8.42 Å². The van der Waals surface area contributed by atoms with Crippen molar-refractivity contribution < 1.29 is 13.2 Å². The molecule has 1 unspecified atom stereocenters. The maximum absolute atomic E-state index is 11.6. The van der Waals surface area contributed by atoms with Crippen molar-refractivity contribution in [1.29, 1.82) is 0 Å². The molecule has 29 heavy (non-hydrogen) atoms. The summed E-state index contributed by atoms with van der Waals surface area (Å²) in [7, 11) is -1.40. The minimum atomic E-state index is -3.17. The summed E-state index contributed by atoms with van der Waals surface area (Å²) in [6.07, 6.45) is 3.52. The number of hydrogen-bond acceptors (Lipinski definition) is 5. The highest BCUT2D eigenvalue weighted by molar-refractivity contribution is 7.90. The SMILES string of the molecule is CCC(CC)C(CNC(=NC)NCc1ccc(S(C)(=O)=O)cc1)N1CCOCC1. The minimum Gasteiger partial charge on any atom is -0.379 e. The molecule has 1 fully saturated rings. The molecule has 0 saturated carbocycles. The summed E-state index contributed by atoms with van der Waals surface area (Å²) < 4.78 is 28.7. The number of ether oxygens (including phenoxy) is 1. The standard InChI is InChI=1S/C21H36N4O3S/c1-5-18(6-2)20(25-11-13-28-14-12-25)16-24-21(22-3)23-15-17-7-9-19(10-8-17)29(4,26)27/h7-10,18,20H,5-6,11-16H2,1-4H3,(H2,22,23,24). The van der Waals surface area contributed by atoms with Crippen molar-refractivity contribution in [3.8, 4) is 0 Å². The van der Waals surface area contributed by atoms with Crippen molar-refractivity contribution in [2.75, 3.05) is 46.2 Å². The van der Waals surface area contributed by atoms with E-state index in [4.69, 9.17) is 4.74 Å². The maximum atomic E-state index is 11.6. The molecular weight excluding hydrogens is 388 g/mol. The predicted octanol–water partition coefficient (Wildman–Crippen LogP) is 1.89. The molecule has 1 aromatic rings. The minimum absolute atomic E-state index is 0.335. The van der Waals surface area contributed by atoms with E-state index < -0.39 is 9.84 Å². The molecule has 0 amide bonds. The third kappa shape index (κ3) is 7.28. The van der Waals surface area contributed by atoms with Crippen molar-refractivity contribution in [3.05, 3.63) is 29.8 Å². The third-order valence-electron chi connectivity index (χ3n) is 5.62. The molecule has 0 radical (unpaired) electrons. The van der Waals surface area contributed by atoms with Gasteiger partial charge >= 0.3 is 0 Å². The van der Waals surface area contributed by atoms with Gasteiger partial charge in [0.15, 0.2) is 15.8 Å². The van der Waals surface area contributed by atoms with Gasteiger partial charge in [-0.3, -0.25) is 9.89 Å². The summed E-state index contributed by atoms with van der Waals surface area (Å²) in [4.78, 5) is 7.21. The topological polar surface area (TPSA) is 83.0 Å². The second-order valence-electron chi connectivity index (χ2n) is 7.52. The molecule has 1 saturated heterocycles. The molecule has 1 atom stereocenters. The quantitative estimate of drug-likeness (QED) is 0.465. The molecule has 7 nitrogen and oxygen atoms in total. The van der Waals surface area contributed by atoms with Gasteiger partial charge < -0.3 is 15.4 Å². The Kier molecular flexibility index (Phi) is 9.39. The molecule has 0 bridgehead atoms. The lowest BCUT2D eigenvalue weighted by molar-refractivity contribution is 0.00272. The van der Waals surface area contributed by atoms with Gasteiger partial charge in [-0.1, -0.05) is 38.8 Å². The van der Waals surface area contributed by atoms with E-state index in [1.54, 1.807) is 19.2 Å². The summed E-state index contributed by atoms with van der Waals surface area (Å²) in [5, 5.41) is 6.81. The number of benzene rings is 1. The van der Waals surface area contributed by atoms with Gasteiger partial charge in [-0.2, -0.15) is 0 Å². The van der Waals surface area contributed by atoms with Crippen LogP contribution in [0.4, 0.5) is 0 Å². The van der Waals surface area contributed by atoms with Gasteiger partial charge in [-0.15, -0.1) is 0 Å². The molecule has 1 heterocycles. The van der Waals surface area contributed by atoms with Crippen molar-refractivity contribution in [1.82, 2.24) is 15.5 Å². The lowest BCUT2D eigenvalue weighted by Crippen LogP contribution is -2.53. The molecule has 1 aliphatic rings. The summed E-state index contributed by atoms with van der Waals surface area (Å²) in [5.74, 6) is 1.38. The summed E-state index contributed by atoms with van der Waals surface area (Å²) >= 11 is 0. The fourth-order valence-electron chi connectivity index (χ4n) is 3.80. The van der Waals surface area contributed by atoms with E-state index in [0.29, 0.717) is 23.4 Å². The second-order valence-corrected chi connectivity index (χ2v) is 9.53. The van der Waals surface area contributed by atoms with Crippen LogP contribution in [0.5, 0.6) is 0 Å². The van der Waals surface area contributed by atoms with Gasteiger partial charge in [0, 0.05) is 45.5 Å². The monoisotopic (exact) mass is 424 g/mol. The molecule has 2 N–H and O–H groups in total. The zero-order valence-electron chi connectivity index (χ0n) is 18.1. The number of hydrogen-bond donors (Lipinski definition) is 2. The Morgan fingerprint density at radius 3 is 2.28 bits per heavy atom. The zero-order valence-corrected chi connectivity index (χ0v) is 19.0. The first-order valence-electron chi connectivity index (χ1n) is 10.4. The van der Waals surface area contributed by atoms with Crippen molar-refractivity contribution in [2.45, 2.75) is 44.2 Å². The van der Waals surface area contributed by atoms with Crippen LogP contribution in [0.15, 0.2) is 34.2 Å². The Hall–Kier alpha value is -1.64. The van der Waals surface area contributed by atoms with Gasteiger partial charge in [0.05, 0.1) is 18.1 Å². The Morgan fingerprint density at radius 1 is 1.14 bits per heavy atom. The highest BCUT2D eigenvalue weighted by atomic mass is 32.2. The number of nitrogens with one attached hydrogen (secondary N) is 2. The first-order chi connectivity index (χ1) is 13.9. The third-order valence-corrected chi connectivity index (χ3v) is 6.75. The first kappa shape index (κ1) is 23.6. The van der Waals surface area contributed by atoms with Gasteiger partial charge in [0.25, 0.3) is 0 Å². The van der Waals surface area contributed by atoms with Crippen molar-refractivity contribution in [3.63, 3.8) is 0 Å². The number of morpholine rings is 1. The van der Waals surface area contributed by atoms with Crippen LogP contribution < -0.4 is 10.6 Å². The molecule has 8 heteroatoms. The Morgan fingerprint density at radius 2 is 1.76 bits per heavy atom. The molecule has 164 valence electrons. The summed E-state index contributed by atoms with van der Waals surface area (Å²) in [6, 6.07) is 7.39. The summed E-state index contributed by atoms with van der Waals surface area (Å²) in [5.41, 5.74) is 1.00. The molecule has 0 aromatic heterocycles. The average Bonchev–Trinajstić information content (AvgIpc) is 2.73. The van der Waals surface area contributed by atoms with E-state index in [1.165, 1.54) is 6.26 Å². The van der Waals surface area contributed by atoms with E-state index in [1.807, 2.05) is 12.1 Å². The number of nitrogens with zero attached hydrogens (tertiary/aromatic N) is 2. The fourth-order valence-corrected chi connectivity index (χ4v) is 4.43. The highest BCUT2D eigenvalue weighted by Gasteiger charge is 2.27. The van der Waals surface area contributed by atoms with Crippen LogP contribution in [0.1, 0.15) is 32.3 Å². The van der Waals surface area contributed by atoms with E-state index in [2.05, 4.69) is 34.4 Å². The van der Waals surface area contributed by atoms with E-state index >= 15 is 0 Å². The molecule has 1 aliphatic heterocycles. The van der Waals surface area contributed by atoms with Crippen LogP contribution in [-0.4, -0.2) is 71.5 Å². The average molecular weight is 425 g/mol. The second kappa shape index (κ2) is 11.5. The predicted molar refractivity (Wildman–Crippen MR) is 118 cm³/mol. The van der Waals surface area contributed by atoms with Gasteiger partial charge in [-0.05, 0) is 23.6 Å². The number of sulfone groups is 1. The van der Waals surface area contributed by atoms with Gasteiger partial charge in [0.2, 0.25) is 0 Å². The van der Waals surface area contributed by atoms with Crippen LogP contribution in [0.25, 0.3) is 0 Å². The fraction of sp³-hybridized carbons (Fsp3) is 0.667. The maximum Gasteiger partial charge on any atom is 0.191 e. The molecule has 0 aliphatic carbocycles. The first-order valence-corrected chi connectivity index (χ1v) is 12.3. The zero-order chi connectivity index (χ0) is 21.3. The lowest BCUT2D eigenvalue weighted by atomic mass is 9.92. The number of guanidine groups is 1. The van der Waals surface area contributed by atoms with Gasteiger partial charge in [0.1, 0.15) is 0 Å². The summed E-state index contributed by atoms with van der Waals surface area (Å²) in [6.45, 7) is 9.48. The largest absolute Gasteiger partial charge is 0.379 e. The van der Waals surface area contributed by atoms with Crippen LogP contribution >= 0.6 is 0 Å². The Bertz CT molecular complexity index is 740. The van der Waals surface area contributed by atoms with Crippen LogP contribution in [0.2, 0.25) is 0 Å². The highest BCUT2D eigenvalue weighted by Crippen LogP contribution is 2.19. The van der Waals surface area contributed by atoms with E-state index in [-0.39, 0.29) is 0 Å². The molecule has 0 spiro atoms. The normalized spacial score (nSPS) is 17.3. The van der Waals surface area contributed by atoms with E-state index in [0.717, 1.165) is 57.2 Å². The Balaban J connectivity index is 1.93. The lowest BCUT2D eigenvalue weighted by Gasteiger charge is -2.39.